The van der Waals surface area contributed by atoms with Gasteiger partial charge in [0.1, 0.15) is 12.5 Å². The molecule has 1 aliphatic carbocycles. The van der Waals surface area contributed by atoms with Crippen molar-refractivity contribution in [3.05, 3.63) is 6.42 Å². The summed E-state index contributed by atoms with van der Waals surface area (Å²) in [5, 5.41) is 12.1. The third-order valence-electron chi connectivity index (χ3n) is 2.10. The van der Waals surface area contributed by atoms with Gasteiger partial charge in [0.2, 0.25) is 6.04 Å². The first kappa shape index (κ1) is 10.3. The smallest absolute Gasteiger partial charge is 0.254 e. The van der Waals surface area contributed by atoms with Crippen LogP contribution >= 0.6 is 0 Å². The highest BCUT2D eigenvalue weighted by atomic mass is 16.3. The summed E-state index contributed by atoms with van der Waals surface area (Å²) in [5.41, 5.74) is 5.60. The monoisotopic (exact) mass is 185 g/mol. The Kier molecular flexibility index (Phi) is 3.57. The predicted molar refractivity (Wildman–Crippen MR) is 49.7 cm³/mol. The van der Waals surface area contributed by atoms with Crippen LogP contribution in [0.15, 0.2) is 0 Å². The van der Waals surface area contributed by atoms with Crippen molar-refractivity contribution in [2.75, 3.05) is 0 Å². The van der Waals surface area contributed by atoms with Crippen molar-refractivity contribution in [2.45, 2.75) is 44.4 Å². The van der Waals surface area contributed by atoms with Crippen LogP contribution in [0.5, 0.6) is 0 Å². The minimum atomic E-state index is -1.06. The van der Waals surface area contributed by atoms with E-state index < -0.39 is 12.1 Å². The SMILES string of the molecule is CCC[C@H](N)[C@H](O)C(=O)NC1[CH+]C1. The number of hydrogen-bond donors (Lipinski definition) is 3. The molecule has 1 saturated carbocycles. The van der Waals surface area contributed by atoms with E-state index in [0.29, 0.717) is 6.42 Å². The van der Waals surface area contributed by atoms with E-state index in [1.807, 2.05) is 13.3 Å². The molecule has 0 bridgehead atoms. The Labute approximate surface area is 78.5 Å². The summed E-state index contributed by atoms with van der Waals surface area (Å²) in [4.78, 5) is 11.2. The fraction of sp³-hybridized carbons (Fsp3) is 0.778. The highest BCUT2D eigenvalue weighted by Crippen LogP contribution is 2.17. The Morgan fingerprint density at radius 3 is 2.92 bits per heavy atom. The minimum absolute atomic E-state index is 0.163. The minimum Gasteiger partial charge on any atom is -0.382 e. The topological polar surface area (TPSA) is 75.3 Å². The maximum Gasteiger partial charge on any atom is 0.254 e. The predicted octanol–water partition coefficient (Wildman–Crippen LogP) is -0.433. The lowest BCUT2D eigenvalue weighted by molar-refractivity contribution is -0.130. The lowest BCUT2D eigenvalue weighted by Crippen LogP contribution is -2.46. The van der Waals surface area contributed by atoms with Crippen LogP contribution in [-0.4, -0.2) is 29.2 Å². The van der Waals surface area contributed by atoms with Gasteiger partial charge < -0.3 is 16.2 Å². The molecule has 0 saturated heterocycles. The molecule has 13 heavy (non-hydrogen) atoms. The van der Waals surface area contributed by atoms with Crippen LogP contribution in [0.2, 0.25) is 0 Å². The van der Waals surface area contributed by atoms with Crippen molar-refractivity contribution >= 4 is 5.91 Å². The first-order chi connectivity index (χ1) is 6.15. The fourth-order valence-electron chi connectivity index (χ4n) is 1.14. The van der Waals surface area contributed by atoms with Crippen LogP contribution < -0.4 is 11.1 Å². The number of aliphatic hydroxyl groups is 1. The Hall–Kier alpha value is -0.740. The molecule has 3 atom stereocenters. The molecule has 4 heteroatoms. The fourth-order valence-corrected chi connectivity index (χ4v) is 1.14. The standard InChI is InChI=1S/C9H16N2O2/c1-2-3-7(10)8(12)9(13)11-6-4-5-6/h4,6-8,12H,2-3,5,10H2,1H3/p+1/t6?,7-,8-/m0/s1. The van der Waals surface area contributed by atoms with Gasteiger partial charge >= 0.3 is 0 Å². The summed E-state index contributed by atoms with van der Waals surface area (Å²) < 4.78 is 0. The van der Waals surface area contributed by atoms with Gasteiger partial charge in [-0.2, -0.15) is 0 Å². The summed E-state index contributed by atoms with van der Waals surface area (Å²) >= 11 is 0. The summed E-state index contributed by atoms with van der Waals surface area (Å²) in [6.45, 7) is 1.97. The van der Waals surface area contributed by atoms with Crippen LogP contribution in [0.4, 0.5) is 0 Å². The zero-order chi connectivity index (χ0) is 9.84. The summed E-state index contributed by atoms with van der Waals surface area (Å²) in [6.07, 6.45) is 3.36. The van der Waals surface area contributed by atoms with Crippen LogP contribution in [0.25, 0.3) is 0 Å². The number of nitrogens with two attached hydrogens (primary N) is 1. The van der Waals surface area contributed by atoms with Crippen molar-refractivity contribution in [1.29, 1.82) is 0 Å². The average Bonchev–Trinajstić information content (AvgIpc) is 2.87. The van der Waals surface area contributed by atoms with Gasteiger partial charge in [0.25, 0.3) is 5.91 Å². The molecule has 0 aliphatic heterocycles. The van der Waals surface area contributed by atoms with Gasteiger partial charge in [-0.3, -0.25) is 4.79 Å². The number of amides is 1. The Morgan fingerprint density at radius 1 is 1.85 bits per heavy atom. The lowest BCUT2D eigenvalue weighted by atomic mass is 10.1. The lowest BCUT2D eigenvalue weighted by Gasteiger charge is -2.16. The summed E-state index contributed by atoms with van der Waals surface area (Å²) in [7, 11) is 0. The summed E-state index contributed by atoms with van der Waals surface area (Å²) in [5.74, 6) is -0.347. The third kappa shape index (κ3) is 3.24. The van der Waals surface area contributed by atoms with Crippen molar-refractivity contribution in [1.82, 2.24) is 5.32 Å². The molecule has 1 fully saturated rings. The molecule has 1 amide bonds. The second kappa shape index (κ2) is 4.48. The normalized spacial score (nSPS) is 24.4. The molecule has 4 N–H and O–H groups in total. The number of rotatable bonds is 5. The van der Waals surface area contributed by atoms with Gasteiger partial charge in [-0.05, 0) is 6.42 Å². The zero-order valence-electron chi connectivity index (χ0n) is 7.86. The molecule has 74 valence electrons. The first-order valence-electron chi connectivity index (χ1n) is 4.72. The molecule has 0 aromatic heterocycles. The quantitative estimate of drug-likeness (QED) is 0.509. The van der Waals surface area contributed by atoms with E-state index in [2.05, 4.69) is 5.32 Å². The molecule has 0 spiro atoms. The number of nitrogens with one attached hydrogen (secondary N) is 1. The highest BCUT2D eigenvalue weighted by molar-refractivity contribution is 5.82. The Morgan fingerprint density at radius 2 is 2.46 bits per heavy atom. The molecule has 4 nitrogen and oxygen atoms in total. The van der Waals surface area contributed by atoms with E-state index in [1.54, 1.807) is 0 Å². The molecule has 1 unspecified atom stereocenters. The van der Waals surface area contributed by atoms with Crippen molar-refractivity contribution in [2.24, 2.45) is 5.73 Å². The van der Waals surface area contributed by atoms with Gasteiger partial charge in [-0.1, -0.05) is 13.3 Å². The molecular formula is C9H17N2O2+. The van der Waals surface area contributed by atoms with E-state index in [-0.39, 0.29) is 11.9 Å². The second-order valence-electron chi connectivity index (χ2n) is 3.48. The Bertz CT molecular complexity index is 180. The third-order valence-corrected chi connectivity index (χ3v) is 2.10. The number of carbonyl (C=O) groups excluding carboxylic acids is 1. The maximum atomic E-state index is 11.2. The number of hydrogen-bond acceptors (Lipinski definition) is 3. The van der Waals surface area contributed by atoms with E-state index in [1.165, 1.54) is 0 Å². The average molecular weight is 185 g/mol. The number of aliphatic hydroxyl groups excluding tert-OH is 1. The van der Waals surface area contributed by atoms with E-state index in [9.17, 15) is 9.90 Å². The molecule has 1 aliphatic rings. The summed E-state index contributed by atoms with van der Waals surface area (Å²) in [6, 6.07) is -0.278. The zero-order valence-corrected chi connectivity index (χ0v) is 7.86. The molecule has 1 rings (SSSR count). The molecule has 0 aromatic rings. The van der Waals surface area contributed by atoms with Gasteiger partial charge in [0.15, 0.2) is 6.42 Å². The van der Waals surface area contributed by atoms with Gasteiger partial charge in [-0.25, -0.2) is 0 Å². The van der Waals surface area contributed by atoms with E-state index >= 15 is 0 Å². The van der Waals surface area contributed by atoms with Gasteiger partial charge in [0, 0.05) is 6.04 Å². The molecule has 0 aromatic carbocycles. The van der Waals surface area contributed by atoms with Crippen molar-refractivity contribution in [3.63, 3.8) is 0 Å². The van der Waals surface area contributed by atoms with Crippen molar-refractivity contribution in [3.8, 4) is 0 Å². The maximum absolute atomic E-state index is 11.2. The van der Waals surface area contributed by atoms with Gasteiger partial charge in [0.05, 0.1) is 0 Å². The van der Waals surface area contributed by atoms with Crippen LogP contribution in [0, 0.1) is 6.42 Å². The number of carbonyl (C=O) groups is 1. The van der Waals surface area contributed by atoms with Crippen molar-refractivity contribution < 1.29 is 9.90 Å². The Balaban J connectivity index is 2.26. The molecule has 0 heterocycles. The van der Waals surface area contributed by atoms with Gasteiger partial charge in [-0.15, -0.1) is 0 Å². The van der Waals surface area contributed by atoms with E-state index in [0.717, 1.165) is 12.8 Å². The van der Waals surface area contributed by atoms with E-state index in [4.69, 9.17) is 5.73 Å². The van der Waals surface area contributed by atoms with Crippen LogP contribution in [0.1, 0.15) is 26.2 Å². The van der Waals surface area contributed by atoms with Crippen LogP contribution in [0.3, 0.4) is 0 Å². The van der Waals surface area contributed by atoms with Crippen LogP contribution in [-0.2, 0) is 4.79 Å². The first-order valence-corrected chi connectivity index (χ1v) is 4.72. The second-order valence-corrected chi connectivity index (χ2v) is 3.48. The highest BCUT2D eigenvalue weighted by Gasteiger charge is 2.38. The molecular weight excluding hydrogens is 168 g/mol. The largest absolute Gasteiger partial charge is 0.382 e. The molecule has 0 radical (unpaired) electrons.